The fourth-order valence-corrected chi connectivity index (χ4v) is 11.9. The summed E-state index contributed by atoms with van der Waals surface area (Å²) in [6, 6.07) is 0. The van der Waals surface area contributed by atoms with Gasteiger partial charge in [0.1, 0.15) is 0 Å². The van der Waals surface area contributed by atoms with Gasteiger partial charge in [-0.25, -0.2) is 0 Å². The lowest BCUT2D eigenvalue weighted by Gasteiger charge is -2.46. The lowest BCUT2D eigenvalue weighted by Crippen LogP contribution is -2.40. The molecule has 0 bridgehead atoms. The molecule has 0 heterocycles. The first-order chi connectivity index (χ1) is 22.5. The number of rotatable bonds is 11. The molecule has 0 aliphatic heterocycles. The number of allylic oxidation sites excluding steroid dienone is 4. The molecular formula is C43H69F3O. The van der Waals surface area contributed by atoms with Crippen LogP contribution in [0.15, 0.2) is 37.0 Å². The van der Waals surface area contributed by atoms with Crippen LogP contribution in [0.1, 0.15) is 143 Å². The number of hydrogen-bond acceptors (Lipinski definition) is 1. The molecule has 0 radical (unpaired) electrons. The largest absolute Gasteiger partial charge is 0.393 e. The number of fused-ring (bicyclic) bond motifs is 1. The van der Waals surface area contributed by atoms with Crippen LogP contribution in [0.3, 0.4) is 0 Å². The van der Waals surface area contributed by atoms with E-state index < -0.39 is 18.2 Å². The SMILES string of the molecule is C=CCC(CCCC)C1CCC2CC=CC(C3CC(C(O)CC4CC(C5CCC(=C)C(C)C5)CC(C(F)(F)F)C4)CCC3C)C2CC1. The Labute approximate surface area is 286 Å². The van der Waals surface area contributed by atoms with Crippen molar-refractivity contribution in [2.45, 2.75) is 155 Å². The summed E-state index contributed by atoms with van der Waals surface area (Å²) in [4.78, 5) is 0. The van der Waals surface area contributed by atoms with Crippen LogP contribution >= 0.6 is 0 Å². The normalized spacial score (nSPS) is 41.5. The third-order valence-electron chi connectivity index (χ3n) is 14.8. The molecule has 1 N–H and O–H groups in total. The van der Waals surface area contributed by atoms with E-state index in [0.29, 0.717) is 36.0 Å². The summed E-state index contributed by atoms with van der Waals surface area (Å²) in [5, 5.41) is 11.8. The van der Waals surface area contributed by atoms with Gasteiger partial charge in [-0.1, -0.05) is 70.4 Å². The summed E-state index contributed by atoms with van der Waals surface area (Å²) in [7, 11) is 0. The Morgan fingerprint density at radius 1 is 0.894 bits per heavy atom. The maximum absolute atomic E-state index is 14.2. The maximum Gasteiger partial charge on any atom is 0.391 e. The van der Waals surface area contributed by atoms with Crippen molar-refractivity contribution in [1.29, 1.82) is 0 Å². The molecule has 0 aromatic carbocycles. The van der Waals surface area contributed by atoms with Crippen LogP contribution in [0.2, 0.25) is 0 Å². The zero-order valence-electron chi connectivity index (χ0n) is 30.2. The maximum atomic E-state index is 14.2. The Morgan fingerprint density at radius 3 is 2.38 bits per heavy atom. The molecule has 5 aliphatic carbocycles. The zero-order valence-corrected chi connectivity index (χ0v) is 30.2. The highest BCUT2D eigenvalue weighted by molar-refractivity contribution is 5.07. The van der Waals surface area contributed by atoms with E-state index in [-0.39, 0.29) is 30.6 Å². The molecule has 4 fully saturated rings. The van der Waals surface area contributed by atoms with Crippen molar-refractivity contribution < 1.29 is 18.3 Å². The van der Waals surface area contributed by atoms with Gasteiger partial charge in [-0.3, -0.25) is 0 Å². The molecule has 4 saturated carbocycles. The number of hydrogen-bond donors (Lipinski definition) is 1. The molecule has 4 heteroatoms. The van der Waals surface area contributed by atoms with E-state index >= 15 is 0 Å². The van der Waals surface area contributed by atoms with Crippen LogP contribution in [-0.4, -0.2) is 17.4 Å². The Kier molecular flexibility index (Phi) is 13.3. The first-order valence-electron chi connectivity index (χ1n) is 20.2. The highest BCUT2D eigenvalue weighted by Gasteiger charge is 2.48. The van der Waals surface area contributed by atoms with Crippen LogP contribution in [0.4, 0.5) is 13.2 Å². The van der Waals surface area contributed by atoms with Crippen molar-refractivity contribution in [1.82, 2.24) is 0 Å². The lowest BCUT2D eigenvalue weighted by atomic mass is 9.60. The number of unbranched alkanes of at least 4 members (excludes halogenated alkanes) is 1. The summed E-state index contributed by atoms with van der Waals surface area (Å²) in [5.74, 6) is 4.80. The number of halogens is 3. The van der Waals surface area contributed by atoms with Crippen LogP contribution in [0.25, 0.3) is 0 Å². The third kappa shape index (κ3) is 9.40. The van der Waals surface area contributed by atoms with Crippen LogP contribution in [0, 0.1) is 76.9 Å². The van der Waals surface area contributed by atoms with Gasteiger partial charge in [0.05, 0.1) is 12.0 Å². The predicted octanol–water partition coefficient (Wildman–Crippen LogP) is 12.8. The molecule has 0 aromatic rings. The average Bonchev–Trinajstić information content (AvgIpc) is 3.27. The van der Waals surface area contributed by atoms with E-state index in [1.165, 1.54) is 56.9 Å². The Morgan fingerprint density at radius 2 is 1.66 bits per heavy atom. The van der Waals surface area contributed by atoms with E-state index in [1.54, 1.807) is 0 Å². The van der Waals surface area contributed by atoms with Crippen molar-refractivity contribution in [3.8, 4) is 0 Å². The first kappa shape index (κ1) is 37.2. The van der Waals surface area contributed by atoms with Gasteiger partial charge in [-0.15, -0.1) is 6.58 Å². The Hall–Kier alpha value is -1.03. The molecule has 1 nitrogen and oxygen atoms in total. The van der Waals surface area contributed by atoms with Gasteiger partial charge in [0, 0.05) is 0 Å². The summed E-state index contributed by atoms with van der Waals surface area (Å²) in [5.41, 5.74) is 1.27. The van der Waals surface area contributed by atoms with E-state index in [4.69, 9.17) is 0 Å². The fraction of sp³-hybridized carbons (Fsp3) is 0.860. The molecule has 14 unspecified atom stereocenters. The lowest BCUT2D eigenvalue weighted by molar-refractivity contribution is -0.194. The first-order valence-corrected chi connectivity index (χ1v) is 20.2. The summed E-state index contributed by atoms with van der Waals surface area (Å²) in [6.07, 6.45) is 22.3. The van der Waals surface area contributed by atoms with E-state index in [1.807, 2.05) is 0 Å². The number of aliphatic hydroxyl groups excluding tert-OH is 1. The summed E-state index contributed by atoms with van der Waals surface area (Å²) >= 11 is 0. The van der Waals surface area contributed by atoms with Crippen molar-refractivity contribution in [2.24, 2.45) is 76.9 Å². The molecule has 268 valence electrons. The monoisotopic (exact) mass is 659 g/mol. The highest BCUT2D eigenvalue weighted by Crippen LogP contribution is 2.53. The number of aliphatic hydroxyl groups is 1. The summed E-state index contributed by atoms with van der Waals surface area (Å²) in [6.45, 7) is 15.3. The van der Waals surface area contributed by atoms with Crippen LogP contribution in [0.5, 0.6) is 0 Å². The van der Waals surface area contributed by atoms with E-state index in [2.05, 4.69) is 52.2 Å². The standard InChI is InChI=1S/C43H69F3O/c1-6-8-11-32(10-7-2)33-18-19-34-12-9-13-40(39(34)21-20-33)41-27-36(17-15-29(41)4)42(47)25-31-23-37(26-38(24-31)43(44,45)46)35-16-14-28(3)30(5)22-35/h7,9,13,29-42,47H,2-3,6,8,10-12,14-27H2,1,4-5H3. The molecule has 0 saturated heterocycles. The van der Waals surface area contributed by atoms with Gasteiger partial charge in [0.25, 0.3) is 0 Å². The van der Waals surface area contributed by atoms with Gasteiger partial charge < -0.3 is 5.11 Å². The van der Waals surface area contributed by atoms with Crippen molar-refractivity contribution in [3.63, 3.8) is 0 Å². The predicted molar refractivity (Wildman–Crippen MR) is 191 cm³/mol. The second kappa shape index (κ2) is 16.8. The second-order valence-corrected chi connectivity index (χ2v) is 17.7. The van der Waals surface area contributed by atoms with Gasteiger partial charge in [0.15, 0.2) is 0 Å². The molecule has 0 aromatic heterocycles. The molecule has 14 atom stereocenters. The highest BCUT2D eigenvalue weighted by atomic mass is 19.4. The average molecular weight is 659 g/mol. The molecule has 0 spiro atoms. The van der Waals surface area contributed by atoms with Crippen LogP contribution < -0.4 is 0 Å². The summed E-state index contributed by atoms with van der Waals surface area (Å²) < 4.78 is 42.7. The smallest absolute Gasteiger partial charge is 0.391 e. The quantitative estimate of drug-likeness (QED) is 0.219. The minimum absolute atomic E-state index is 0.0254. The van der Waals surface area contributed by atoms with Gasteiger partial charge >= 0.3 is 6.18 Å². The van der Waals surface area contributed by atoms with Gasteiger partial charge in [-0.05, 0) is 174 Å². The molecule has 0 amide bonds. The minimum Gasteiger partial charge on any atom is -0.393 e. The molecule has 5 rings (SSSR count). The van der Waals surface area contributed by atoms with Crippen LogP contribution in [-0.2, 0) is 0 Å². The molecule has 47 heavy (non-hydrogen) atoms. The van der Waals surface area contributed by atoms with E-state index in [9.17, 15) is 18.3 Å². The van der Waals surface area contributed by atoms with Gasteiger partial charge in [-0.2, -0.15) is 13.2 Å². The van der Waals surface area contributed by atoms with Gasteiger partial charge in [0.2, 0.25) is 0 Å². The molecular weight excluding hydrogens is 589 g/mol. The van der Waals surface area contributed by atoms with Crippen molar-refractivity contribution >= 4 is 0 Å². The number of alkyl halides is 3. The van der Waals surface area contributed by atoms with Crippen molar-refractivity contribution in [3.05, 3.63) is 37.0 Å². The minimum atomic E-state index is -4.14. The zero-order chi connectivity index (χ0) is 33.7. The molecule has 5 aliphatic rings. The Bertz CT molecular complexity index is 1030. The Balaban J connectivity index is 1.23. The van der Waals surface area contributed by atoms with E-state index in [0.717, 1.165) is 75.0 Å². The van der Waals surface area contributed by atoms with Crippen molar-refractivity contribution in [2.75, 3.05) is 0 Å². The second-order valence-electron chi connectivity index (χ2n) is 17.7. The third-order valence-corrected chi connectivity index (χ3v) is 14.8. The fourth-order valence-electron chi connectivity index (χ4n) is 11.9. The topological polar surface area (TPSA) is 20.2 Å².